The molecule has 2 amide bonds. The van der Waals surface area contributed by atoms with Gasteiger partial charge in [-0.1, -0.05) is 0 Å². The molecule has 5 nitrogen and oxygen atoms in total. The van der Waals surface area contributed by atoms with Crippen molar-refractivity contribution in [1.82, 2.24) is 4.90 Å². The number of carbonyl (C=O) groups is 1. The Bertz CT molecular complexity index is 407. The average molecular weight is 252 g/mol. The van der Waals surface area contributed by atoms with E-state index in [1.807, 2.05) is 26.0 Å². The summed E-state index contributed by atoms with van der Waals surface area (Å²) in [7, 11) is 1.61. The van der Waals surface area contributed by atoms with Crippen molar-refractivity contribution < 1.29 is 14.6 Å². The third-order valence-electron chi connectivity index (χ3n) is 2.68. The van der Waals surface area contributed by atoms with Gasteiger partial charge in [-0.3, -0.25) is 0 Å². The normalized spacial score (nSPS) is 10.0. The van der Waals surface area contributed by atoms with E-state index >= 15 is 0 Å². The number of carbonyl (C=O) groups excluding carboxylic acids is 1. The fourth-order valence-corrected chi connectivity index (χ4v) is 1.68. The Balaban J connectivity index is 2.72. The summed E-state index contributed by atoms with van der Waals surface area (Å²) in [4.78, 5) is 13.4. The van der Waals surface area contributed by atoms with Gasteiger partial charge in [0, 0.05) is 18.8 Å². The number of benzene rings is 1. The number of methoxy groups -OCH3 is 1. The van der Waals surface area contributed by atoms with E-state index < -0.39 is 0 Å². The van der Waals surface area contributed by atoms with Crippen LogP contribution in [-0.2, 0) is 0 Å². The number of hydrogen-bond donors (Lipinski definition) is 2. The number of likely N-dealkylation sites (N-methyl/N-ethyl adjacent to an activating group) is 1. The van der Waals surface area contributed by atoms with E-state index in [0.29, 0.717) is 13.1 Å². The van der Waals surface area contributed by atoms with Crippen molar-refractivity contribution in [2.75, 3.05) is 32.1 Å². The first-order valence-corrected chi connectivity index (χ1v) is 5.93. The van der Waals surface area contributed by atoms with Crippen LogP contribution in [0.4, 0.5) is 10.5 Å². The molecular formula is C13H20N2O3. The molecule has 2 N–H and O–H groups in total. The largest absolute Gasteiger partial charge is 0.496 e. The molecule has 0 aliphatic carbocycles. The fourth-order valence-electron chi connectivity index (χ4n) is 1.68. The number of nitrogens with zero attached hydrogens (tertiary/aromatic N) is 1. The Morgan fingerprint density at radius 1 is 1.50 bits per heavy atom. The summed E-state index contributed by atoms with van der Waals surface area (Å²) in [6, 6.07) is 5.24. The number of hydrogen-bond acceptors (Lipinski definition) is 3. The van der Waals surface area contributed by atoms with Crippen molar-refractivity contribution in [3.05, 3.63) is 23.8 Å². The minimum Gasteiger partial charge on any atom is -0.496 e. The summed E-state index contributed by atoms with van der Waals surface area (Å²) in [6.07, 6.45) is 0. The van der Waals surface area contributed by atoms with Gasteiger partial charge in [-0.2, -0.15) is 0 Å². The summed E-state index contributed by atoms with van der Waals surface area (Å²) in [6.45, 7) is 4.64. The van der Waals surface area contributed by atoms with Gasteiger partial charge in [-0.25, -0.2) is 4.79 Å². The maximum Gasteiger partial charge on any atom is 0.321 e. The zero-order chi connectivity index (χ0) is 13.5. The molecule has 5 heteroatoms. The van der Waals surface area contributed by atoms with Crippen LogP contribution >= 0.6 is 0 Å². The van der Waals surface area contributed by atoms with E-state index in [-0.39, 0.29) is 12.6 Å². The van der Waals surface area contributed by atoms with Gasteiger partial charge in [0.25, 0.3) is 0 Å². The highest BCUT2D eigenvalue weighted by Crippen LogP contribution is 2.21. The van der Waals surface area contributed by atoms with Gasteiger partial charge < -0.3 is 20.1 Å². The van der Waals surface area contributed by atoms with Crippen molar-refractivity contribution >= 4 is 11.7 Å². The lowest BCUT2D eigenvalue weighted by molar-refractivity contribution is 0.192. The van der Waals surface area contributed by atoms with Gasteiger partial charge in [-0.15, -0.1) is 0 Å². The topological polar surface area (TPSA) is 61.8 Å². The monoisotopic (exact) mass is 252 g/mol. The van der Waals surface area contributed by atoms with Crippen LogP contribution in [0.5, 0.6) is 5.75 Å². The molecular weight excluding hydrogens is 232 g/mol. The van der Waals surface area contributed by atoms with E-state index in [1.54, 1.807) is 18.1 Å². The summed E-state index contributed by atoms with van der Waals surface area (Å²) in [5.74, 6) is 0.788. The molecule has 0 aromatic heterocycles. The van der Waals surface area contributed by atoms with Crippen molar-refractivity contribution in [1.29, 1.82) is 0 Å². The van der Waals surface area contributed by atoms with Crippen LogP contribution in [0, 0.1) is 6.92 Å². The Kier molecular flexibility index (Phi) is 5.45. The fraction of sp³-hybridized carbons (Fsp3) is 0.462. The van der Waals surface area contributed by atoms with Crippen LogP contribution < -0.4 is 10.1 Å². The lowest BCUT2D eigenvalue weighted by Gasteiger charge is -2.20. The van der Waals surface area contributed by atoms with Crippen LogP contribution in [0.3, 0.4) is 0 Å². The Morgan fingerprint density at radius 2 is 2.22 bits per heavy atom. The number of amides is 2. The highest BCUT2D eigenvalue weighted by molar-refractivity contribution is 5.89. The van der Waals surface area contributed by atoms with Crippen molar-refractivity contribution in [2.45, 2.75) is 13.8 Å². The number of aliphatic hydroxyl groups is 1. The van der Waals surface area contributed by atoms with Gasteiger partial charge in [0.2, 0.25) is 0 Å². The van der Waals surface area contributed by atoms with E-state index in [0.717, 1.165) is 17.0 Å². The summed E-state index contributed by atoms with van der Waals surface area (Å²) < 4.78 is 5.16. The molecule has 0 atom stereocenters. The second kappa shape index (κ2) is 6.86. The lowest BCUT2D eigenvalue weighted by Crippen LogP contribution is -2.36. The maximum atomic E-state index is 11.9. The maximum absolute atomic E-state index is 11.9. The van der Waals surface area contributed by atoms with Gasteiger partial charge in [0.15, 0.2) is 0 Å². The van der Waals surface area contributed by atoms with Crippen molar-refractivity contribution in [3.63, 3.8) is 0 Å². The number of urea groups is 1. The number of rotatable bonds is 5. The van der Waals surface area contributed by atoms with Crippen LogP contribution in [0.2, 0.25) is 0 Å². The molecule has 0 heterocycles. The van der Waals surface area contributed by atoms with Crippen molar-refractivity contribution in [2.24, 2.45) is 0 Å². The molecule has 0 spiro atoms. The highest BCUT2D eigenvalue weighted by Gasteiger charge is 2.11. The zero-order valence-electron chi connectivity index (χ0n) is 11.1. The molecule has 0 aliphatic rings. The standard InChI is InChI=1S/C13H20N2O3/c1-4-15(7-8-16)13(17)14-11-5-6-12(18-3)10(2)9-11/h5-6,9,16H,4,7-8H2,1-3H3,(H,14,17). The molecule has 0 bridgehead atoms. The molecule has 0 saturated heterocycles. The third-order valence-corrected chi connectivity index (χ3v) is 2.68. The quantitative estimate of drug-likeness (QED) is 0.840. The van der Waals surface area contributed by atoms with Gasteiger partial charge in [0.1, 0.15) is 5.75 Å². The summed E-state index contributed by atoms with van der Waals surface area (Å²) in [5, 5.41) is 11.6. The summed E-state index contributed by atoms with van der Waals surface area (Å²) in [5.41, 5.74) is 1.68. The van der Waals surface area contributed by atoms with Gasteiger partial charge in [0.05, 0.1) is 13.7 Å². The minimum absolute atomic E-state index is 0.0388. The lowest BCUT2D eigenvalue weighted by atomic mass is 10.2. The molecule has 18 heavy (non-hydrogen) atoms. The molecule has 0 radical (unpaired) electrons. The predicted molar refractivity (Wildman–Crippen MR) is 71.1 cm³/mol. The molecule has 0 saturated carbocycles. The van der Waals surface area contributed by atoms with E-state index in [1.165, 1.54) is 0 Å². The number of aliphatic hydroxyl groups excluding tert-OH is 1. The van der Waals surface area contributed by atoms with Crippen molar-refractivity contribution in [3.8, 4) is 5.75 Å². The number of anilines is 1. The molecule has 1 aromatic carbocycles. The minimum atomic E-state index is -0.212. The first-order valence-electron chi connectivity index (χ1n) is 5.93. The third kappa shape index (κ3) is 3.63. The SMILES string of the molecule is CCN(CCO)C(=O)Nc1ccc(OC)c(C)c1. The molecule has 0 aliphatic heterocycles. The number of ether oxygens (including phenoxy) is 1. The first-order chi connectivity index (χ1) is 8.62. The second-order valence-electron chi connectivity index (χ2n) is 3.92. The zero-order valence-corrected chi connectivity index (χ0v) is 11.1. The second-order valence-corrected chi connectivity index (χ2v) is 3.92. The molecule has 0 fully saturated rings. The predicted octanol–water partition coefficient (Wildman–Crippen LogP) is 1.85. The van der Waals surface area contributed by atoms with E-state index in [4.69, 9.17) is 9.84 Å². The van der Waals surface area contributed by atoms with E-state index in [2.05, 4.69) is 5.32 Å². The first kappa shape index (κ1) is 14.3. The van der Waals surface area contributed by atoms with Crippen LogP contribution in [0.1, 0.15) is 12.5 Å². The van der Waals surface area contributed by atoms with Gasteiger partial charge in [-0.05, 0) is 37.6 Å². The summed E-state index contributed by atoms with van der Waals surface area (Å²) >= 11 is 0. The Hall–Kier alpha value is -1.75. The number of nitrogens with one attached hydrogen (secondary N) is 1. The van der Waals surface area contributed by atoms with Crippen LogP contribution in [0.25, 0.3) is 0 Å². The van der Waals surface area contributed by atoms with E-state index in [9.17, 15) is 4.79 Å². The highest BCUT2D eigenvalue weighted by atomic mass is 16.5. The molecule has 1 aromatic rings. The average Bonchev–Trinajstić information content (AvgIpc) is 2.36. The van der Waals surface area contributed by atoms with Crippen LogP contribution in [0.15, 0.2) is 18.2 Å². The molecule has 100 valence electrons. The number of aryl methyl sites for hydroxylation is 1. The molecule has 1 rings (SSSR count). The Labute approximate surface area is 107 Å². The smallest absolute Gasteiger partial charge is 0.321 e. The molecule has 0 unspecified atom stereocenters. The Morgan fingerprint density at radius 3 is 2.72 bits per heavy atom. The van der Waals surface area contributed by atoms with Crippen LogP contribution in [-0.4, -0.2) is 42.8 Å². The van der Waals surface area contributed by atoms with Gasteiger partial charge >= 0.3 is 6.03 Å².